The number of aryl methyl sites for hydroxylation is 1. The van der Waals surface area contributed by atoms with Crippen LogP contribution in [0.1, 0.15) is 54.7 Å². The van der Waals surface area contributed by atoms with Crippen LogP contribution in [0, 0.1) is 12.8 Å². The molecule has 1 atom stereocenters. The molecule has 0 saturated carbocycles. The molecule has 0 saturated heterocycles. The number of hydrogen-bond donors (Lipinski definition) is 0. The molecule has 7 heteroatoms. The molecule has 1 amide bonds. The molecular weight excluding hydrogens is 468 g/mol. The number of nitrogens with zero attached hydrogens (tertiary/aromatic N) is 2. The number of rotatable bonds is 10. The van der Waals surface area contributed by atoms with Crippen LogP contribution < -0.4 is 14.4 Å². The predicted molar refractivity (Wildman–Crippen MR) is 142 cm³/mol. The maximum atomic E-state index is 13.9. The largest absolute Gasteiger partial charge is 0.493 e. The van der Waals surface area contributed by atoms with Crippen molar-refractivity contribution in [1.29, 1.82) is 0 Å². The van der Waals surface area contributed by atoms with Gasteiger partial charge in [0.2, 0.25) is 0 Å². The van der Waals surface area contributed by atoms with Gasteiger partial charge >= 0.3 is 0 Å². The fraction of sp³-hybridized carbons (Fsp3) is 0.333. The number of allylic oxidation sites excluding steroid dienone is 1. The Kier molecular flexibility index (Phi) is 8.75. The van der Waals surface area contributed by atoms with Crippen LogP contribution in [0.2, 0.25) is 5.02 Å². The molecule has 0 aliphatic carbocycles. The van der Waals surface area contributed by atoms with Gasteiger partial charge in [-0.05, 0) is 67.2 Å². The summed E-state index contributed by atoms with van der Waals surface area (Å²) in [5, 5.41) is 3.13. The fourth-order valence-corrected chi connectivity index (χ4v) is 5.06. The van der Waals surface area contributed by atoms with E-state index in [0.717, 1.165) is 36.1 Å². The first-order chi connectivity index (χ1) is 16.3. The van der Waals surface area contributed by atoms with Crippen LogP contribution in [0.3, 0.4) is 0 Å². The molecule has 1 unspecified atom stereocenters. The first kappa shape index (κ1) is 25.8. The lowest BCUT2D eigenvalue weighted by atomic mass is 9.91. The number of hydrogen-bond acceptors (Lipinski definition) is 5. The van der Waals surface area contributed by atoms with Gasteiger partial charge in [-0.25, -0.2) is 4.98 Å². The smallest absolute Gasteiger partial charge is 0.264 e. The van der Waals surface area contributed by atoms with Gasteiger partial charge in [-0.15, -0.1) is 11.3 Å². The zero-order valence-electron chi connectivity index (χ0n) is 20.4. The van der Waals surface area contributed by atoms with Crippen LogP contribution in [-0.2, 0) is 0 Å². The second-order valence-corrected chi connectivity index (χ2v) is 9.35. The third-order valence-electron chi connectivity index (χ3n) is 5.88. The zero-order valence-corrected chi connectivity index (χ0v) is 21.9. The van der Waals surface area contributed by atoms with E-state index in [0.29, 0.717) is 38.8 Å². The number of carbonyl (C=O) groups excluding carboxylic acids is 1. The van der Waals surface area contributed by atoms with Gasteiger partial charge in [-0.1, -0.05) is 38.4 Å². The standard InChI is InChI=1S/C27H31ClN2O3S/c1-7-9-19(8-2)18(4)23-16-34-27(29-23)30(21-11-13-24(32-5)25(15-21)33-6)26(31)22-12-10-20(28)14-17(22)3/h10-16,19H,4,7-9H2,1-3,5-6H3. The van der Waals surface area contributed by atoms with Gasteiger partial charge in [0.25, 0.3) is 5.91 Å². The van der Waals surface area contributed by atoms with Crippen molar-refractivity contribution in [1.82, 2.24) is 4.98 Å². The quantitative estimate of drug-likeness (QED) is 0.284. The highest BCUT2D eigenvalue weighted by molar-refractivity contribution is 7.14. The number of anilines is 2. The average Bonchev–Trinajstić information content (AvgIpc) is 3.31. The van der Waals surface area contributed by atoms with Gasteiger partial charge in [0, 0.05) is 22.0 Å². The Hall–Kier alpha value is -2.83. The molecule has 180 valence electrons. The Morgan fingerprint density at radius 3 is 2.50 bits per heavy atom. The molecule has 0 bridgehead atoms. The first-order valence-corrected chi connectivity index (χ1v) is 12.6. The first-order valence-electron chi connectivity index (χ1n) is 11.3. The number of amides is 1. The predicted octanol–water partition coefficient (Wildman–Crippen LogP) is 7.94. The van der Waals surface area contributed by atoms with Crippen molar-refractivity contribution >= 4 is 45.2 Å². The Balaban J connectivity index is 2.10. The summed E-state index contributed by atoms with van der Waals surface area (Å²) in [6.45, 7) is 10.5. The van der Waals surface area contributed by atoms with Gasteiger partial charge in [0.05, 0.1) is 25.6 Å². The lowest BCUT2D eigenvalue weighted by molar-refractivity contribution is 0.0998. The number of benzene rings is 2. The van der Waals surface area contributed by atoms with Crippen molar-refractivity contribution in [3.63, 3.8) is 0 Å². The monoisotopic (exact) mass is 498 g/mol. The Morgan fingerprint density at radius 1 is 1.15 bits per heavy atom. The number of carbonyl (C=O) groups is 1. The summed E-state index contributed by atoms with van der Waals surface area (Å²) in [5.74, 6) is 1.28. The number of methoxy groups -OCH3 is 2. The zero-order chi connectivity index (χ0) is 24.8. The van der Waals surface area contributed by atoms with Crippen molar-refractivity contribution in [3.8, 4) is 11.5 Å². The third kappa shape index (κ3) is 5.45. The van der Waals surface area contributed by atoms with Crippen molar-refractivity contribution in [2.24, 2.45) is 5.92 Å². The number of aromatic nitrogens is 1. The maximum Gasteiger partial charge on any atom is 0.264 e. The molecule has 0 aliphatic heterocycles. The summed E-state index contributed by atoms with van der Waals surface area (Å²) in [4.78, 5) is 20.3. The van der Waals surface area contributed by atoms with E-state index in [2.05, 4.69) is 20.4 Å². The highest BCUT2D eigenvalue weighted by atomic mass is 35.5. The van der Waals surface area contributed by atoms with E-state index >= 15 is 0 Å². The molecule has 2 aromatic carbocycles. The van der Waals surface area contributed by atoms with Crippen LogP contribution in [0.25, 0.3) is 5.57 Å². The molecule has 0 N–H and O–H groups in total. The molecule has 3 rings (SSSR count). The SMILES string of the molecule is C=C(c1csc(N(C(=O)c2ccc(Cl)cc2C)c2ccc(OC)c(OC)c2)n1)C(CC)CCC. The van der Waals surface area contributed by atoms with Crippen molar-refractivity contribution in [2.45, 2.75) is 40.0 Å². The van der Waals surface area contributed by atoms with E-state index in [1.807, 2.05) is 18.4 Å². The Morgan fingerprint density at radius 2 is 1.88 bits per heavy atom. The summed E-state index contributed by atoms with van der Waals surface area (Å²) < 4.78 is 10.9. The summed E-state index contributed by atoms with van der Waals surface area (Å²) in [6, 6.07) is 10.6. The van der Waals surface area contributed by atoms with Crippen LogP contribution in [0.15, 0.2) is 48.4 Å². The van der Waals surface area contributed by atoms with Crippen molar-refractivity contribution < 1.29 is 14.3 Å². The minimum Gasteiger partial charge on any atom is -0.493 e. The van der Waals surface area contributed by atoms with E-state index in [-0.39, 0.29) is 5.91 Å². The van der Waals surface area contributed by atoms with Gasteiger partial charge in [-0.3, -0.25) is 9.69 Å². The minimum absolute atomic E-state index is 0.200. The second kappa shape index (κ2) is 11.5. The Labute approximate surface area is 211 Å². The van der Waals surface area contributed by atoms with Crippen LogP contribution >= 0.6 is 22.9 Å². The molecule has 3 aromatic rings. The van der Waals surface area contributed by atoms with Crippen molar-refractivity contribution in [2.75, 3.05) is 19.1 Å². The lowest BCUT2D eigenvalue weighted by Crippen LogP contribution is -2.26. The molecule has 0 aliphatic rings. The molecule has 34 heavy (non-hydrogen) atoms. The molecule has 5 nitrogen and oxygen atoms in total. The molecular formula is C27H31ClN2O3S. The molecule has 0 spiro atoms. The highest BCUT2D eigenvalue weighted by Gasteiger charge is 2.26. The van der Waals surface area contributed by atoms with E-state index in [9.17, 15) is 4.79 Å². The maximum absolute atomic E-state index is 13.9. The number of halogens is 1. The summed E-state index contributed by atoms with van der Waals surface area (Å²) in [6.07, 6.45) is 3.15. The van der Waals surface area contributed by atoms with E-state index in [1.54, 1.807) is 49.5 Å². The molecule has 0 fully saturated rings. The van der Waals surface area contributed by atoms with Crippen LogP contribution in [0.5, 0.6) is 11.5 Å². The summed E-state index contributed by atoms with van der Waals surface area (Å²) in [7, 11) is 3.15. The second-order valence-electron chi connectivity index (χ2n) is 8.07. The van der Waals surface area contributed by atoms with Gasteiger partial charge < -0.3 is 9.47 Å². The highest BCUT2D eigenvalue weighted by Crippen LogP contribution is 2.39. The topological polar surface area (TPSA) is 51.7 Å². The summed E-state index contributed by atoms with van der Waals surface area (Å²) in [5.41, 5.74) is 3.80. The Bertz CT molecular complexity index is 1170. The van der Waals surface area contributed by atoms with Crippen LogP contribution in [-0.4, -0.2) is 25.1 Å². The van der Waals surface area contributed by atoms with Gasteiger partial charge in [-0.2, -0.15) is 0 Å². The number of ether oxygens (including phenoxy) is 2. The third-order valence-corrected chi connectivity index (χ3v) is 6.94. The van der Waals surface area contributed by atoms with E-state index in [1.165, 1.54) is 11.3 Å². The number of thiazole rings is 1. The fourth-order valence-electron chi connectivity index (χ4n) is 3.96. The van der Waals surface area contributed by atoms with Crippen LogP contribution in [0.4, 0.5) is 10.8 Å². The molecule has 1 aromatic heterocycles. The van der Waals surface area contributed by atoms with E-state index in [4.69, 9.17) is 26.1 Å². The minimum atomic E-state index is -0.200. The van der Waals surface area contributed by atoms with Crippen molar-refractivity contribution in [3.05, 3.63) is 70.2 Å². The normalized spacial score (nSPS) is 11.7. The van der Waals surface area contributed by atoms with Gasteiger partial charge in [0.15, 0.2) is 16.6 Å². The average molecular weight is 499 g/mol. The van der Waals surface area contributed by atoms with E-state index < -0.39 is 0 Å². The summed E-state index contributed by atoms with van der Waals surface area (Å²) >= 11 is 7.56. The van der Waals surface area contributed by atoms with Gasteiger partial charge in [0.1, 0.15) is 0 Å². The molecule has 0 radical (unpaired) electrons. The molecule has 1 heterocycles. The lowest BCUT2D eigenvalue weighted by Gasteiger charge is -2.22.